The van der Waals surface area contributed by atoms with E-state index in [4.69, 9.17) is 0 Å². The second kappa shape index (κ2) is 14.1. The molecule has 2 aliphatic rings. The third-order valence-corrected chi connectivity index (χ3v) is 24.0. The first-order valence-electron chi connectivity index (χ1n) is 14.3. The summed E-state index contributed by atoms with van der Waals surface area (Å²) in [5, 5.41) is 4.28. The van der Waals surface area contributed by atoms with Crippen LogP contribution in [0.3, 0.4) is 0 Å². The van der Waals surface area contributed by atoms with Crippen LogP contribution in [0.1, 0.15) is 112 Å². The van der Waals surface area contributed by atoms with Gasteiger partial charge >= 0.3 is 243 Å². The molecule has 2 aromatic rings. The first kappa shape index (κ1) is 35.4. The molecule has 0 amide bonds. The molecule has 0 nitrogen and oxygen atoms in total. The molecule has 0 aliphatic heterocycles. The fraction of sp³-hybridized carbons (Fsp3) is 0.529. The smallest absolute Gasteiger partial charge is 1.00 e. The van der Waals surface area contributed by atoms with E-state index in [9.17, 15) is 0 Å². The molecule has 0 fully saturated rings. The van der Waals surface area contributed by atoms with Gasteiger partial charge in [-0.1, -0.05) is 0 Å². The average molecular weight is 768 g/mol. The Kier molecular flexibility index (Phi) is 12.8. The quantitative estimate of drug-likeness (QED) is 0.249. The normalized spacial score (nSPS) is 20.5. The van der Waals surface area contributed by atoms with E-state index in [1.165, 1.54) is 24.0 Å². The van der Waals surface area contributed by atoms with Gasteiger partial charge in [0.1, 0.15) is 0 Å². The number of fused-ring (bicyclic) bond motifs is 2. The van der Waals surface area contributed by atoms with Crippen LogP contribution in [-0.2, 0) is 22.9 Å². The fourth-order valence-electron chi connectivity index (χ4n) is 6.67. The van der Waals surface area contributed by atoms with Crippen molar-refractivity contribution < 1.29 is 47.7 Å². The van der Waals surface area contributed by atoms with Crippen LogP contribution in [0.5, 0.6) is 0 Å². The summed E-state index contributed by atoms with van der Waals surface area (Å²) in [5.74, 6) is 0. The SMILES string of the molecule is CCC(C)P(C1=Cc2ccccc2[CH]1[Hf+2][CH]1C(P(C(C)(C)C)C(C)(C)C)=Cc2ccccc21)C(C)CC.[Cl-].[Cl-]. The van der Waals surface area contributed by atoms with Gasteiger partial charge in [0, 0.05) is 0 Å². The van der Waals surface area contributed by atoms with Crippen molar-refractivity contribution in [3.63, 3.8) is 0 Å². The van der Waals surface area contributed by atoms with Crippen LogP contribution in [-0.4, -0.2) is 21.6 Å². The average Bonchev–Trinajstić information content (AvgIpc) is 3.35. The van der Waals surface area contributed by atoms with Crippen molar-refractivity contribution >= 4 is 28.0 Å². The molecule has 0 bridgehead atoms. The molecule has 0 saturated heterocycles. The molecular weight excluding hydrogens is 720 g/mol. The van der Waals surface area contributed by atoms with E-state index in [2.05, 4.69) is 130 Å². The Morgan fingerprint density at radius 2 is 1.05 bits per heavy atom. The van der Waals surface area contributed by atoms with E-state index in [1.807, 2.05) is 10.6 Å². The van der Waals surface area contributed by atoms with Crippen LogP contribution in [0.25, 0.3) is 12.2 Å². The second-order valence-corrected chi connectivity index (χ2v) is 25.3. The summed E-state index contributed by atoms with van der Waals surface area (Å²) in [7, 11) is -0.419. The number of benzene rings is 2. The molecule has 5 heteroatoms. The third kappa shape index (κ3) is 7.42. The maximum Gasteiger partial charge on any atom is -1.00 e. The van der Waals surface area contributed by atoms with Crippen molar-refractivity contribution in [2.75, 3.05) is 0 Å². The van der Waals surface area contributed by atoms with Crippen LogP contribution < -0.4 is 24.8 Å². The number of allylic oxidation sites excluding steroid dienone is 2. The van der Waals surface area contributed by atoms with Crippen molar-refractivity contribution in [1.82, 2.24) is 0 Å². The molecule has 4 rings (SSSR count). The maximum absolute atomic E-state index is 2.68. The molecule has 2 aliphatic carbocycles. The molecule has 39 heavy (non-hydrogen) atoms. The molecule has 0 aromatic heterocycles. The minimum Gasteiger partial charge on any atom is -1.00 e. The van der Waals surface area contributed by atoms with Gasteiger partial charge in [-0.05, 0) is 0 Å². The van der Waals surface area contributed by atoms with Crippen LogP contribution in [0.15, 0.2) is 59.2 Å². The summed E-state index contributed by atoms with van der Waals surface area (Å²) in [6.07, 6.45) is 7.92. The molecule has 0 spiro atoms. The van der Waals surface area contributed by atoms with Gasteiger partial charge in [0.15, 0.2) is 0 Å². The summed E-state index contributed by atoms with van der Waals surface area (Å²) in [5.41, 5.74) is 7.95. The van der Waals surface area contributed by atoms with Crippen LogP contribution in [0.4, 0.5) is 0 Å². The van der Waals surface area contributed by atoms with Gasteiger partial charge in [-0.3, -0.25) is 0 Å². The summed E-state index contributed by atoms with van der Waals surface area (Å²) >= 11 is -1.23. The standard InChI is InChI=1S/2C17H24P.2ClH.Hf/c1-16(2,3)18(17(4,5)6)15-11-13-9-7-8-10-14(13)12-15;1-5-13(3)18(14(4)6-2)17-11-15-9-7-8-10-16(15)12-17;;;/h7-12H,1-6H3;7-14H,5-6H2,1-4H3;2*1H;/q;;;;+2/p-2. The minimum atomic E-state index is -1.23. The van der Waals surface area contributed by atoms with E-state index in [0.29, 0.717) is 14.0 Å². The number of hydrogen-bond donors (Lipinski definition) is 0. The van der Waals surface area contributed by atoms with Crippen molar-refractivity contribution in [3.05, 3.63) is 81.4 Å². The van der Waals surface area contributed by atoms with Gasteiger partial charge in [-0.25, -0.2) is 0 Å². The van der Waals surface area contributed by atoms with Gasteiger partial charge in [0.25, 0.3) is 0 Å². The summed E-state index contributed by atoms with van der Waals surface area (Å²) < 4.78 is 1.42. The summed E-state index contributed by atoms with van der Waals surface area (Å²) in [6.45, 7) is 24.9. The number of hydrogen-bond acceptors (Lipinski definition) is 0. The van der Waals surface area contributed by atoms with E-state index in [0.717, 1.165) is 15.0 Å². The minimum absolute atomic E-state index is 0. The van der Waals surface area contributed by atoms with Gasteiger partial charge in [0.2, 0.25) is 0 Å². The van der Waals surface area contributed by atoms with Gasteiger partial charge in [-0.15, -0.1) is 0 Å². The van der Waals surface area contributed by atoms with Crippen molar-refractivity contribution in [2.24, 2.45) is 0 Å². The van der Waals surface area contributed by atoms with Crippen LogP contribution in [0, 0.1) is 0 Å². The van der Waals surface area contributed by atoms with E-state index < -0.39 is 22.9 Å². The zero-order valence-corrected chi connectivity index (χ0v) is 32.5. The molecule has 0 saturated carbocycles. The summed E-state index contributed by atoms with van der Waals surface area (Å²) in [4.78, 5) is 0. The number of rotatable bonds is 8. The third-order valence-electron chi connectivity index (χ3n) is 8.18. The fourth-order valence-corrected chi connectivity index (χ4v) is 24.7. The molecule has 2 aromatic carbocycles. The monoisotopic (exact) mass is 768 g/mol. The predicted molar refractivity (Wildman–Crippen MR) is 167 cm³/mol. The van der Waals surface area contributed by atoms with E-state index in [1.54, 1.807) is 11.1 Å². The van der Waals surface area contributed by atoms with Crippen molar-refractivity contribution in [1.29, 1.82) is 0 Å². The summed E-state index contributed by atoms with van der Waals surface area (Å²) in [6, 6.07) is 18.9. The zero-order valence-electron chi connectivity index (χ0n) is 25.6. The molecule has 0 N–H and O–H groups in total. The predicted octanol–water partition coefficient (Wildman–Crippen LogP) is 5.43. The van der Waals surface area contributed by atoms with Crippen LogP contribution >= 0.6 is 15.8 Å². The molecule has 4 atom stereocenters. The Morgan fingerprint density at radius 1 is 0.667 bits per heavy atom. The first-order valence-corrected chi connectivity index (χ1v) is 21.3. The Balaban J connectivity index is 0.00000267. The molecule has 0 heterocycles. The zero-order chi connectivity index (χ0) is 27.1. The maximum atomic E-state index is 2.68. The number of halogens is 2. The molecular formula is C34H48Cl2HfP2. The largest absolute Gasteiger partial charge is 1.00 e. The van der Waals surface area contributed by atoms with E-state index >= 15 is 0 Å². The second-order valence-electron chi connectivity index (χ2n) is 13.0. The van der Waals surface area contributed by atoms with Gasteiger partial charge < -0.3 is 24.8 Å². The van der Waals surface area contributed by atoms with Gasteiger partial charge in [-0.2, -0.15) is 0 Å². The molecule has 212 valence electrons. The van der Waals surface area contributed by atoms with E-state index in [-0.39, 0.29) is 40.7 Å². The topological polar surface area (TPSA) is 0 Å². The van der Waals surface area contributed by atoms with Gasteiger partial charge in [0.05, 0.1) is 0 Å². The Hall–Kier alpha value is 0.230. The molecule has 4 unspecified atom stereocenters. The Labute approximate surface area is 266 Å². The molecule has 0 radical (unpaired) electrons. The first-order chi connectivity index (χ1) is 17.4. The Morgan fingerprint density at radius 3 is 1.46 bits per heavy atom. The Bertz CT molecular complexity index is 1150. The van der Waals surface area contributed by atoms with Crippen molar-refractivity contribution in [2.45, 2.75) is 111 Å². The van der Waals surface area contributed by atoms with Crippen molar-refractivity contribution in [3.8, 4) is 0 Å². The van der Waals surface area contributed by atoms with Crippen LogP contribution in [0.2, 0.25) is 0 Å².